The highest BCUT2D eigenvalue weighted by Gasteiger charge is 2.11. The second-order valence-corrected chi connectivity index (χ2v) is 7.25. The van der Waals surface area contributed by atoms with Crippen LogP contribution in [-0.2, 0) is 16.4 Å². The summed E-state index contributed by atoms with van der Waals surface area (Å²) in [6.07, 6.45) is 1.42. The summed E-state index contributed by atoms with van der Waals surface area (Å²) in [5, 5.41) is 2.70. The van der Waals surface area contributed by atoms with Gasteiger partial charge in [0.1, 0.15) is 5.82 Å². The first-order valence-electron chi connectivity index (χ1n) is 7.36. The number of carbonyl (C=O) groups is 1. The van der Waals surface area contributed by atoms with E-state index in [0.717, 1.165) is 6.26 Å². The topological polar surface area (TPSA) is 75.3 Å². The maximum atomic E-state index is 13.5. The standard InChI is InChI=1S/C17H19FN2O3S/c1-12-7-8-14(11-16(12)20-24(2,22)23)17(21)19-10-9-13-5-3-4-6-15(13)18/h3-8,11,20H,9-10H2,1-2H3,(H,19,21). The Morgan fingerprint density at radius 2 is 1.88 bits per heavy atom. The van der Waals surface area contributed by atoms with Gasteiger partial charge in [-0.05, 0) is 42.7 Å². The lowest BCUT2D eigenvalue weighted by atomic mass is 10.1. The lowest BCUT2D eigenvalue weighted by molar-refractivity contribution is 0.0954. The summed E-state index contributed by atoms with van der Waals surface area (Å²) in [5.74, 6) is -0.649. The van der Waals surface area contributed by atoms with Crippen LogP contribution >= 0.6 is 0 Å². The monoisotopic (exact) mass is 350 g/mol. The maximum Gasteiger partial charge on any atom is 0.251 e. The molecule has 0 aromatic heterocycles. The van der Waals surface area contributed by atoms with E-state index in [4.69, 9.17) is 0 Å². The van der Waals surface area contributed by atoms with E-state index in [-0.39, 0.29) is 18.3 Å². The van der Waals surface area contributed by atoms with E-state index in [1.54, 1.807) is 37.3 Å². The average Bonchev–Trinajstić information content (AvgIpc) is 2.50. The van der Waals surface area contributed by atoms with E-state index < -0.39 is 10.0 Å². The van der Waals surface area contributed by atoms with Crippen LogP contribution in [0.1, 0.15) is 21.5 Å². The lowest BCUT2D eigenvalue weighted by Gasteiger charge is -2.11. The third-order valence-electron chi connectivity index (χ3n) is 3.43. The molecule has 128 valence electrons. The van der Waals surface area contributed by atoms with Crippen LogP contribution < -0.4 is 10.0 Å². The Bertz CT molecular complexity index is 851. The highest BCUT2D eigenvalue weighted by molar-refractivity contribution is 7.92. The fourth-order valence-electron chi connectivity index (χ4n) is 2.19. The van der Waals surface area contributed by atoms with Crippen LogP contribution in [0.4, 0.5) is 10.1 Å². The van der Waals surface area contributed by atoms with E-state index >= 15 is 0 Å². The van der Waals surface area contributed by atoms with Crippen molar-refractivity contribution in [1.82, 2.24) is 5.32 Å². The van der Waals surface area contributed by atoms with Crippen LogP contribution in [0.25, 0.3) is 0 Å². The molecule has 0 aliphatic heterocycles. The van der Waals surface area contributed by atoms with Crippen molar-refractivity contribution < 1.29 is 17.6 Å². The Kier molecular flexibility index (Phi) is 5.56. The number of rotatable bonds is 6. The van der Waals surface area contributed by atoms with Crippen LogP contribution in [0.2, 0.25) is 0 Å². The molecular formula is C17H19FN2O3S. The van der Waals surface area contributed by atoms with Gasteiger partial charge in [-0.3, -0.25) is 9.52 Å². The fraction of sp³-hybridized carbons (Fsp3) is 0.235. The zero-order valence-corrected chi connectivity index (χ0v) is 14.3. The Balaban J connectivity index is 2.02. The van der Waals surface area contributed by atoms with Gasteiger partial charge in [0.15, 0.2) is 0 Å². The molecule has 0 saturated heterocycles. The molecule has 7 heteroatoms. The summed E-state index contributed by atoms with van der Waals surface area (Å²) in [6, 6.07) is 11.2. The fourth-order valence-corrected chi connectivity index (χ4v) is 2.81. The van der Waals surface area contributed by atoms with Crippen LogP contribution in [0.5, 0.6) is 0 Å². The Labute approximate surface area is 141 Å². The average molecular weight is 350 g/mol. The quantitative estimate of drug-likeness (QED) is 0.840. The van der Waals surface area contributed by atoms with Gasteiger partial charge in [0, 0.05) is 12.1 Å². The molecule has 0 spiro atoms. The molecule has 2 rings (SSSR count). The second-order valence-electron chi connectivity index (χ2n) is 5.50. The predicted molar refractivity (Wildman–Crippen MR) is 92.1 cm³/mol. The molecule has 0 bridgehead atoms. The summed E-state index contributed by atoms with van der Waals surface area (Å²) >= 11 is 0. The number of carbonyl (C=O) groups excluding carboxylic acids is 1. The summed E-state index contributed by atoms with van der Waals surface area (Å²) in [4.78, 5) is 12.2. The third kappa shape index (κ3) is 5.06. The largest absolute Gasteiger partial charge is 0.352 e. The molecule has 1 amide bonds. The van der Waals surface area contributed by atoms with Crippen molar-refractivity contribution in [2.24, 2.45) is 0 Å². The van der Waals surface area contributed by atoms with Crippen LogP contribution in [0, 0.1) is 12.7 Å². The van der Waals surface area contributed by atoms with E-state index in [1.165, 1.54) is 12.1 Å². The van der Waals surface area contributed by atoms with E-state index in [0.29, 0.717) is 28.8 Å². The summed E-state index contributed by atoms with van der Waals surface area (Å²) in [7, 11) is -3.42. The van der Waals surface area contributed by atoms with Gasteiger partial charge in [-0.1, -0.05) is 24.3 Å². The minimum absolute atomic E-state index is 0.280. The van der Waals surface area contributed by atoms with E-state index in [2.05, 4.69) is 10.0 Å². The zero-order valence-electron chi connectivity index (χ0n) is 13.5. The van der Waals surface area contributed by atoms with Gasteiger partial charge in [0.05, 0.1) is 11.9 Å². The molecule has 5 nitrogen and oxygen atoms in total. The summed E-state index contributed by atoms with van der Waals surface area (Å²) in [5.41, 5.74) is 1.93. The van der Waals surface area contributed by atoms with Crippen molar-refractivity contribution >= 4 is 21.6 Å². The van der Waals surface area contributed by atoms with Crippen molar-refractivity contribution in [3.63, 3.8) is 0 Å². The number of sulfonamides is 1. The molecule has 0 saturated carbocycles. The van der Waals surface area contributed by atoms with Gasteiger partial charge >= 0.3 is 0 Å². The lowest BCUT2D eigenvalue weighted by Crippen LogP contribution is -2.26. The second kappa shape index (κ2) is 7.44. The summed E-state index contributed by atoms with van der Waals surface area (Å²) in [6.45, 7) is 2.02. The number of aryl methyl sites for hydroxylation is 1. The first-order chi connectivity index (χ1) is 11.3. The first kappa shape index (κ1) is 17.9. The number of halogens is 1. The smallest absolute Gasteiger partial charge is 0.251 e. The minimum Gasteiger partial charge on any atom is -0.352 e. The molecule has 0 radical (unpaired) electrons. The molecule has 0 atom stereocenters. The zero-order chi connectivity index (χ0) is 17.7. The first-order valence-corrected chi connectivity index (χ1v) is 9.25. The van der Waals surface area contributed by atoms with Crippen molar-refractivity contribution in [3.05, 3.63) is 65.0 Å². The van der Waals surface area contributed by atoms with Gasteiger partial charge in [-0.2, -0.15) is 0 Å². The Morgan fingerprint density at radius 1 is 1.17 bits per heavy atom. The number of nitrogens with one attached hydrogen (secondary N) is 2. The van der Waals surface area contributed by atoms with Gasteiger partial charge in [0.25, 0.3) is 5.91 Å². The number of amides is 1. The SMILES string of the molecule is Cc1ccc(C(=O)NCCc2ccccc2F)cc1NS(C)(=O)=O. The van der Waals surface area contributed by atoms with Crippen molar-refractivity contribution in [2.75, 3.05) is 17.5 Å². The molecule has 24 heavy (non-hydrogen) atoms. The normalized spacial score (nSPS) is 11.1. The van der Waals surface area contributed by atoms with Crippen molar-refractivity contribution in [3.8, 4) is 0 Å². The Morgan fingerprint density at radius 3 is 2.54 bits per heavy atom. The number of hydrogen-bond acceptors (Lipinski definition) is 3. The minimum atomic E-state index is -3.42. The van der Waals surface area contributed by atoms with Gasteiger partial charge in [0.2, 0.25) is 10.0 Å². The van der Waals surface area contributed by atoms with E-state index in [9.17, 15) is 17.6 Å². The number of anilines is 1. The van der Waals surface area contributed by atoms with Crippen molar-refractivity contribution in [1.29, 1.82) is 0 Å². The van der Waals surface area contributed by atoms with E-state index in [1.807, 2.05) is 0 Å². The highest BCUT2D eigenvalue weighted by atomic mass is 32.2. The summed E-state index contributed by atoms with van der Waals surface area (Å²) < 4.78 is 38.6. The third-order valence-corrected chi connectivity index (χ3v) is 4.02. The van der Waals surface area contributed by atoms with Crippen LogP contribution in [-0.4, -0.2) is 27.1 Å². The van der Waals surface area contributed by atoms with Crippen molar-refractivity contribution in [2.45, 2.75) is 13.3 Å². The molecule has 0 fully saturated rings. The molecular weight excluding hydrogens is 331 g/mol. The number of hydrogen-bond donors (Lipinski definition) is 2. The molecule has 0 aliphatic carbocycles. The number of benzene rings is 2. The molecule has 2 aromatic carbocycles. The van der Waals surface area contributed by atoms with Crippen LogP contribution in [0.15, 0.2) is 42.5 Å². The predicted octanol–water partition coefficient (Wildman–Crippen LogP) is 2.48. The highest BCUT2D eigenvalue weighted by Crippen LogP contribution is 2.18. The van der Waals surface area contributed by atoms with Crippen LogP contribution in [0.3, 0.4) is 0 Å². The Hall–Kier alpha value is -2.41. The molecule has 2 N–H and O–H groups in total. The molecule has 0 aliphatic rings. The van der Waals surface area contributed by atoms with Gasteiger partial charge < -0.3 is 5.32 Å². The van der Waals surface area contributed by atoms with Gasteiger partial charge in [-0.15, -0.1) is 0 Å². The maximum absolute atomic E-state index is 13.5. The molecule has 0 heterocycles. The van der Waals surface area contributed by atoms with Gasteiger partial charge in [-0.25, -0.2) is 12.8 Å². The molecule has 2 aromatic rings. The molecule has 0 unspecified atom stereocenters.